The Bertz CT molecular complexity index is 402. The van der Waals surface area contributed by atoms with Crippen molar-refractivity contribution >= 4 is 27.3 Å². The van der Waals surface area contributed by atoms with Crippen molar-refractivity contribution in [2.24, 2.45) is 5.73 Å². The zero-order chi connectivity index (χ0) is 10.1. The summed E-state index contributed by atoms with van der Waals surface area (Å²) in [6, 6.07) is 5.68. The number of hydrogen-bond acceptors (Lipinski definition) is 3. The van der Waals surface area contributed by atoms with E-state index in [4.69, 9.17) is 10.2 Å². The van der Waals surface area contributed by atoms with E-state index in [1.54, 1.807) is 17.6 Å². The molecule has 0 radical (unpaired) electrons. The van der Waals surface area contributed by atoms with Crippen LogP contribution in [0.25, 0.3) is 0 Å². The first kappa shape index (κ1) is 9.96. The molecule has 2 heterocycles. The maximum atomic E-state index is 6.04. The zero-order valence-corrected chi connectivity index (χ0v) is 10.1. The third kappa shape index (κ3) is 1.78. The molecule has 2 aromatic rings. The number of furan rings is 1. The SMILES string of the molecule is Cc1cc(C(N)c2ccco2)sc1Br. The van der Waals surface area contributed by atoms with E-state index in [2.05, 4.69) is 28.9 Å². The normalized spacial score (nSPS) is 13.1. The fraction of sp³-hybridized carbons (Fsp3) is 0.200. The van der Waals surface area contributed by atoms with E-state index >= 15 is 0 Å². The van der Waals surface area contributed by atoms with Gasteiger partial charge in [0.25, 0.3) is 0 Å². The number of thiophene rings is 1. The molecule has 1 unspecified atom stereocenters. The highest BCUT2D eigenvalue weighted by Crippen LogP contribution is 2.33. The van der Waals surface area contributed by atoms with Crippen molar-refractivity contribution in [3.8, 4) is 0 Å². The first-order valence-electron chi connectivity index (χ1n) is 4.23. The number of nitrogens with two attached hydrogens (primary N) is 1. The molecule has 74 valence electrons. The minimum Gasteiger partial charge on any atom is -0.467 e. The number of halogens is 1. The summed E-state index contributed by atoms with van der Waals surface area (Å²) in [4.78, 5) is 1.12. The van der Waals surface area contributed by atoms with Crippen LogP contribution in [0.4, 0.5) is 0 Å². The van der Waals surface area contributed by atoms with Gasteiger partial charge in [0.05, 0.1) is 16.1 Å². The fourth-order valence-electron chi connectivity index (χ4n) is 1.25. The Morgan fingerprint density at radius 3 is 2.86 bits per heavy atom. The van der Waals surface area contributed by atoms with Gasteiger partial charge in [0, 0.05) is 4.88 Å². The summed E-state index contributed by atoms with van der Waals surface area (Å²) >= 11 is 5.13. The van der Waals surface area contributed by atoms with Crippen LogP contribution in [0.5, 0.6) is 0 Å². The van der Waals surface area contributed by atoms with Crippen molar-refractivity contribution in [3.63, 3.8) is 0 Å². The molecule has 0 fully saturated rings. The van der Waals surface area contributed by atoms with Gasteiger partial charge in [0.2, 0.25) is 0 Å². The molecule has 0 aliphatic carbocycles. The van der Waals surface area contributed by atoms with Gasteiger partial charge < -0.3 is 10.2 Å². The average molecular weight is 272 g/mol. The molecule has 2 aromatic heterocycles. The quantitative estimate of drug-likeness (QED) is 0.909. The first-order valence-corrected chi connectivity index (χ1v) is 5.84. The molecule has 1 atom stereocenters. The van der Waals surface area contributed by atoms with E-state index in [9.17, 15) is 0 Å². The van der Waals surface area contributed by atoms with Gasteiger partial charge >= 0.3 is 0 Å². The average Bonchev–Trinajstić information content (AvgIpc) is 2.76. The summed E-state index contributed by atoms with van der Waals surface area (Å²) in [6.45, 7) is 2.05. The largest absolute Gasteiger partial charge is 0.467 e. The van der Waals surface area contributed by atoms with E-state index < -0.39 is 0 Å². The molecule has 0 aliphatic rings. The van der Waals surface area contributed by atoms with Crippen LogP contribution in [-0.2, 0) is 0 Å². The van der Waals surface area contributed by atoms with Gasteiger partial charge in [0.15, 0.2) is 0 Å². The highest BCUT2D eigenvalue weighted by atomic mass is 79.9. The van der Waals surface area contributed by atoms with Gasteiger partial charge in [-0.2, -0.15) is 0 Å². The Morgan fingerprint density at radius 1 is 1.57 bits per heavy atom. The minimum absolute atomic E-state index is 0.153. The van der Waals surface area contributed by atoms with E-state index in [0.717, 1.165) is 14.4 Å². The van der Waals surface area contributed by atoms with Crippen molar-refractivity contribution in [1.82, 2.24) is 0 Å². The van der Waals surface area contributed by atoms with Gasteiger partial charge in [-0.05, 0) is 46.6 Å². The Balaban J connectivity index is 2.32. The predicted octanol–water partition coefficient (Wildman–Crippen LogP) is 3.46. The number of rotatable bonds is 2. The second-order valence-electron chi connectivity index (χ2n) is 3.10. The molecule has 0 aliphatic heterocycles. The molecule has 0 spiro atoms. The highest BCUT2D eigenvalue weighted by Gasteiger charge is 2.14. The molecule has 0 aromatic carbocycles. The van der Waals surface area contributed by atoms with E-state index in [1.807, 2.05) is 12.1 Å². The minimum atomic E-state index is -0.153. The fourth-order valence-corrected chi connectivity index (χ4v) is 2.83. The second-order valence-corrected chi connectivity index (χ2v) is 5.50. The topological polar surface area (TPSA) is 39.2 Å². The van der Waals surface area contributed by atoms with Gasteiger partial charge in [-0.15, -0.1) is 11.3 Å². The lowest BCUT2D eigenvalue weighted by atomic mass is 10.2. The van der Waals surface area contributed by atoms with Crippen molar-refractivity contribution in [2.75, 3.05) is 0 Å². The third-order valence-corrected chi connectivity index (χ3v) is 4.25. The predicted molar refractivity (Wildman–Crippen MR) is 61.5 cm³/mol. The number of aryl methyl sites for hydroxylation is 1. The summed E-state index contributed by atoms with van der Waals surface area (Å²) in [6.07, 6.45) is 1.64. The maximum absolute atomic E-state index is 6.04. The Hall–Kier alpha value is -0.580. The van der Waals surface area contributed by atoms with E-state index in [1.165, 1.54) is 5.56 Å². The van der Waals surface area contributed by atoms with Gasteiger partial charge in [-0.25, -0.2) is 0 Å². The van der Waals surface area contributed by atoms with Crippen molar-refractivity contribution in [2.45, 2.75) is 13.0 Å². The van der Waals surface area contributed by atoms with Crippen LogP contribution >= 0.6 is 27.3 Å². The molecular weight excluding hydrogens is 262 g/mol. The van der Waals surface area contributed by atoms with Crippen LogP contribution in [0.15, 0.2) is 32.7 Å². The summed E-state index contributed by atoms with van der Waals surface area (Å²) < 4.78 is 6.40. The van der Waals surface area contributed by atoms with E-state index in [-0.39, 0.29) is 6.04 Å². The summed E-state index contributed by atoms with van der Waals surface area (Å²) in [7, 11) is 0. The Labute approximate surface area is 94.9 Å². The molecule has 0 amide bonds. The van der Waals surface area contributed by atoms with Crippen LogP contribution in [0.1, 0.15) is 22.2 Å². The Kier molecular flexibility index (Phi) is 2.76. The van der Waals surface area contributed by atoms with Crippen LogP contribution in [0, 0.1) is 6.92 Å². The van der Waals surface area contributed by atoms with Crippen LogP contribution in [-0.4, -0.2) is 0 Å². The van der Waals surface area contributed by atoms with Gasteiger partial charge in [-0.3, -0.25) is 0 Å². The van der Waals surface area contributed by atoms with Crippen molar-refractivity contribution in [3.05, 3.63) is 44.4 Å². The smallest absolute Gasteiger partial charge is 0.125 e. The first-order chi connectivity index (χ1) is 6.68. The standard InChI is InChI=1S/C10H10BrNOS/c1-6-5-8(14-10(6)11)9(12)7-3-2-4-13-7/h2-5,9H,12H2,1H3. The molecule has 0 saturated carbocycles. The van der Waals surface area contributed by atoms with Crippen LogP contribution in [0.2, 0.25) is 0 Å². The van der Waals surface area contributed by atoms with Crippen molar-refractivity contribution < 1.29 is 4.42 Å². The summed E-state index contributed by atoms with van der Waals surface area (Å²) in [5, 5.41) is 0. The molecule has 2 N–H and O–H groups in total. The van der Waals surface area contributed by atoms with Crippen molar-refractivity contribution in [1.29, 1.82) is 0 Å². The zero-order valence-electron chi connectivity index (χ0n) is 7.66. The Morgan fingerprint density at radius 2 is 2.36 bits per heavy atom. The highest BCUT2D eigenvalue weighted by molar-refractivity contribution is 9.11. The molecule has 4 heteroatoms. The molecule has 14 heavy (non-hydrogen) atoms. The lowest BCUT2D eigenvalue weighted by molar-refractivity contribution is 0.492. The summed E-state index contributed by atoms with van der Waals surface area (Å²) in [5.41, 5.74) is 7.25. The maximum Gasteiger partial charge on any atom is 0.125 e. The molecule has 0 saturated heterocycles. The monoisotopic (exact) mass is 271 g/mol. The molecular formula is C10H10BrNOS. The molecule has 2 rings (SSSR count). The van der Waals surface area contributed by atoms with E-state index in [0.29, 0.717) is 0 Å². The van der Waals surface area contributed by atoms with Gasteiger partial charge in [-0.1, -0.05) is 0 Å². The third-order valence-electron chi connectivity index (χ3n) is 2.03. The second kappa shape index (κ2) is 3.88. The lowest BCUT2D eigenvalue weighted by Crippen LogP contribution is -2.08. The van der Waals surface area contributed by atoms with Gasteiger partial charge in [0.1, 0.15) is 5.76 Å². The number of hydrogen-bond donors (Lipinski definition) is 1. The molecule has 2 nitrogen and oxygen atoms in total. The molecule has 0 bridgehead atoms. The van der Waals surface area contributed by atoms with Crippen LogP contribution in [0.3, 0.4) is 0 Å². The lowest BCUT2D eigenvalue weighted by Gasteiger charge is -2.04. The van der Waals surface area contributed by atoms with Crippen LogP contribution < -0.4 is 5.73 Å². The summed E-state index contributed by atoms with van der Waals surface area (Å²) in [5.74, 6) is 0.804.